The van der Waals surface area contributed by atoms with Gasteiger partial charge in [0.1, 0.15) is 5.82 Å². The molecule has 2 aromatic heterocycles. The van der Waals surface area contributed by atoms with Crippen molar-refractivity contribution in [3.63, 3.8) is 0 Å². The predicted molar refractivity (Wildman–Crippen MR) is 112 cm³/mol. The van der Waals surface area contributed by atoms with Gasteiger partial charge in [0, 0.05) is 6.54 Å². The first kappa shape index (κ1) is 19.6. The van der Waals surface area contributed by atoms with Crippen LogP contribution in [0.1, 0.15) is 35.2 Å². The molecule has 0 unspecified atom stereocenters. The second-order valence-electron chi connectivity index (χ2n) is 6.84. The molecule has 0 amide bonds. The summed E-state index contributed by atoms with van der Waals surface area (Å²) in [6, 6.07) is 19.2. The summed E-state index contributed by atoms with van der Waals surface area (Å²) in [7, 11) is 0. The largest absolute Gasteiger partial charge is 0.461 e. The Morgan fingerprint density at radius 2 is 1.87 bits per heavy atom. The standard InChI is InChI=1S/C23H21FN4O2/c1-2-19(17-7-4-3-5-8-17)22(29)28-23(25-15-16-10-12-18(24)13-11-16)26-21(27-28)20-9-6-14-30-20/h3-14,19H,2,15H2,1H3,(H,25,26,27)/t19-/m0/s1. The quantitative estimate of drug-likeness (QED) is 0.463. The second-order valence-corrected chi connectivity index (χ2v) is 6.84. The third kappa shape index (κ3) is 4.15. The summed E-state index contributed by atoms with van der Waals surface area (Å²) in [6.45, 7) is 2.33. The summed E-state index contributed by atoms with van der Waals surface area (Å²) in [4.78, 5) is 17.8. The molecule has 152 valence electrons. The molecule has 2 aromatic carbocycles. The molecular formula is C23H21FN4O2. The van der Waals surface area contributed by atoms with Crippen molar-refractivity contribution in [1.29, 1.82) is 0 Å². The van der Waals surface area contributed by atoms with Crippen molar-refractivity contribution in [3.8, 4) is 11.6 Å². The topological polar surface area (TPSA) is 73.0 Å². The van der Waals surface area contributed by atoms with Crippen molar-refractivity contribution in [2.75, 3.05) is 5.32 Å². The van der Waals surface area contributed by atoms with Crippen LogP contribution in [0.2, 0.25) is 0 Å². The van der Waals surface area contributed by atoms with E-state index in [1.54, 1.807) is 24.3 Å². The highest BCUT2D eigenvalue weighted by Crippen LogP contribution is 2.25. The Morgan fingerprint density at radius 1 is 1.10 bits per heavy atom. The number of anilines is 1. The van der Waals surface area contributed by atoms with Gasteiger partial charge in [-0.3, -0.25) is 4.79 Å². The third-order valence-corrected chi connectivity index (χ3v) is 4.83. The Hall–Kier alpha value is -3.74. The van der Waals surface area contributed by atoms with E-state index in [1.807, 2.05) is 37.3 Å². The molecule has 6 nitrogen and oxygen atoms in total. The molecule has 0 saturated carbocycles. The number of furan rings is 1. The molecule has 30 heavy (non-hydrogen) atoms. The number of nitrogens with zero attached hydrogens (tertiary/aromatic N) is 3. The highest BCUT2D eigenvalue weighted by atomic mass is 19.1. The van der Waals surface area contributed by atoms with Gasteiger partial charge in [0.25, 0.3) is 5.91 Å². The average Bonchev–Trinajstić information content (AvgIpc) is 3.44. The Labute approximate surface area is 173 Å². The minimum absolute atomic E-state index is 0.185. The van der Waals surface area contributed by atoms with Gasteiger partial charge in [-0.1, -0.05) is 49.4 Å². The SMILES string of the molecule is CC[C@H](C(=O)n1nc(-c2ccco2)nc1NCc1ccc(F)cc1)c1ccccc1. The summed E-state index contributed by atoms with van der Waals surface area (Å²) in [6.07, 6.45) is 2.15. The molecule has 0 spiro atoms. The molecule has 1 N–H and O–H groups in total. The first-order valence-corrected chi connectivity index (χ1v) is 9.74. The summed E-state index contributed by atoms with van der Waals surface area (Å²) in [5.41, 5.74) is 1.78. The van der Waals surface area contributed by atoms with Crippen molar-refractivity contribution in [3.05, 3.63) is 89.9 Å². The Balaban J connectivity index is 1.66. The Kier molecular flexibility index (Phi) is 5.70. The van der Waals surface area contributed by atoms with Crippen molar-refractivity contribution >= 4 is 11.9 Å². The van der Waals surface area contributed by atoms with Gasteiger partial charge < -0.3 is 9.73 Å². The van der Waals surface area contributed by atoms with E-state index in [2.05, 4.69) is 15.4 Å². The smallest absolute Gasteiger partial charge is 0.257 e. The van der Waals surface area contributed by atoms with Gasteiger partial charge in [0.15, 0.2) is 5.76 Å². The van der Waals surface area contributed by atoms with Gasteiger partial charge in [-0.05, 0) is 41.8 Å². The van der Waals surface area contributed by atoms with E-state index in [4.69, 9.17) is 4.42 Å². The van der Waals surface area contributed by atoms with Crippen LogP contribution in [0.3, 0.4) is 0 Å². The lowest BCUT2D eigenvalue weighted by Crippen LogP contribution is -2.23. The molecule has 2 heterocycles. The molecule has 0 fully saturated rings. The van der Waals surface area contributed by atoms with Gasteiger partial charge in [0.2, 0.25) is 11.8 Å². The highest BCUT2D eigenvalue weighted by molar-refractivity contribution is 5.87. The molecule has 0 aliphatic carbocycles. The van der Waals surface area contributed by atoms with Crippen LogP contribution in [0.4, 0.5) is 10.3 Å². The fourth-order valence-corrected chi connectivity index (χ4v) is 3.26. The number of hydrogen-bond acceptors (Lipinski definition) is 5. The molecule has 0 aliphatic heterocycles. The summed E-state index contributed by atoms with van der Waals surface area (Å²) in [5.74, 6) is 0.257. The normalized spacial score (nSPS) is 11.9. The maximum atomic E-state index is 13.4. The Morgan fingerprint density at radius 3 is 2.53 bits per heavy atom. The summed E-state index contributed by atoms with van der Waals surface area (Å²) in [5, 5.41) is 7.56. The molecule has 7 heteroatoms. The second kappa shape index (κ2) is 8.73. The lowest BCUT2D eigenvalue weighted by Gasteiger charge is -2.15. The van der Waals surface area contributed by atoms with Gasteiger partial charge in [-0.25, -0.2) is 4.39 Å². The van der Waals surface area contributed by atoms with Crippen LogP contribution in [-0.4, -0.2) is 20.7 Å². The molecule has 4 aromatic rings. The van der Waals surface area contributed by atoms with Gasteiger partial charge >= 0.3 is 0 Å². The van der Waals surface area contributed by atoms with Gasteiger partial charge in [-0.15, -0.1) is 5.10 Å². The summed E-state index contributed by atoms with van der Waals surface area (Å²) < 4.78 is 19.9. The molecular weight excluding hydrogens is 383 g/mol. The fourth-order valence-electron chi connectivity index (χ4n) is 3.26. The van der Waals surface area contributed by atoms with E-state index >= 15 is 0 Å². The monoisotopic (exact) mass is 404 g/mol. The average molecular weight is 404 g/mol. The lowest BCUT2D eigenvalue weighted by molar-refractivity contribution is 0.0861. The number of halogens is 1. The molecule has 4 rings (SSSR count). The van der Waals surface area contributed by atoms with Crippen LogP contribution >= 0.6 is 0 Å². The molecule has 0 bridgehead atoms. The van der Waals surface area contributed by atoms with Gasteiger partial charge in [0.05, 0.1) is 12.2 Å². The van der Waals surface area contributed by atoms with Crippen LogP contribution < -0.4 is 5.32 Å². The van der Waals surface area contributed by atoms with E-state index in [0.29, 0.717) is 30.5 Å². The van der Waals surface area contributed by atoms with Crippen LogP contribution in [0.15, 0.2) is 77.4 Å². The van der Waals surface area contributed by atoms with Crippen LogP contribution in [0.25, 0.3) is 11.6 Å². The van der Waals surface area contributed by atoms with E-state index < -0.39 is 0 Å². The lowest BCUT2D eigenvalue weighted by atomic mass is 9.96. The molecule has 0 radical (unpaired) electrons. The molecule has 1 atom stereocenters. The first-order valence-electron chi connectivity index (χ1n) is 9.74. The number of carbonyl (C=O) groups is 1. The van der Waals surface area contributed by atoms with Crippen LogP contribution in [0.5, 0.6) is 0 Å². The summed E-state index contributed by atoms with van der Waals surface area (Å²) >= 11 is 0. The Bertz CT molecular complexity index is 1110. The van der Waals surface area contributed by atoms with Gasteiger partial charge in [-0.2, -0.15) is 9.67 Å². The number of rotatable bonds is 7. The number of aromatic nitrogens is 3. The van der Waals surface area contributed by atoms with Crippen molar-refractivity contribution < 1.29 is 13.6 Å². The van der Waals surface area contributed by atoms with E-state index in [9.17, 15) is 9.18 Å². The van der Waals surface area contributed by atoms with Crippen LogP contribution in [0, 0.1) is 5.82 Å². The number of hydrogen-bond donors (Lipinski definition) is 1. The highest BCUT2D eigenvalue weighted by Gasteiger charge is 2.26. The third-order valence-electron chi connectivity index (χ3n) is 4.83. The number of nitrogens with one attached hydrogen (secondary N) is 1. The number of carbonyl (C=O) groups excluding carboxylic acids is 1. The minimum atomic E-state index is -0.358. The maximum Gasteiger partial charge on any atom is 0.257 e. The van der Waals surface area contributed by atoms with E-state index in [1.165, 1.54) is 23.1 Å². The molecule has 0 saturated heterocycles. The van der Waals surface area contributed by atoms with Crippen molar-refractivity contribution in [1.82, 2.24) is 14.8 Å². The van der Waals surface area contributed by atoms with E-state index in [-0.39, 0.29) is 17.6 Å². The zero-order valence-corrected chi connectivity index (χ0v) is 16.5. The zero-order chi connectivity index (χ0) is 20.9. The van der Waals surface area contributed by atoms with Crippen molar-refractivity contribution in [2.45, 2.75) is 25.8 Å². The number of benzene rings is 2. The fraction of sp³-hybridized carbons (Fsp3) is 0.174. The first-order chi connectivity index (χ1) is 14.7. The predicted octanol–water partition coefficient (Wildman–Crippen LogP) is 5.12. The minimum Gasteiger partial charge on any atom is -0.461 e. The zero-order valence-electron chi connectivity index (χ0n) is 16.5. The molecule has 0 aliphatic rings. The van der Waals surface area contributed by atoms with E-state index in [0.717, 1.165) is 11.1 Å². The maximum absolute atomic E-state index is 13.4. The van der Waals surface area contributed by atoms with Crippen molar-refractivity contribution in [2.24, 2.45) is 0 Å². The van der Waals surface area contributed by atoms with Crippen LogP contribution in [-0.2, 0) is 6.54 Å².